The van der Waals surface area contributed by atoms with Crippen LogP contribution in [0.25, 0.3) is 0 Å². The van der Waals surface area contributed by atoms with Crippen LogP contribution in [-0.4, -0.2) is 17.8 Å². The fourth-order valence-electron chi connectivity index (χ4n) is 1.53. The Kier molecular flexibility index (Phi) is 4.15. The number of aliphatic hydroxyl groups excluding tert-OH is 1. The summed E-state index contributed by atoms with van der Waals surface area (Å²) in [6, 6.07) is 6.34. The van der Waals surface area contributed by atoms with Gasteiger partial charge in [0, 0.05) is 12.2 Å². The third-order valence-electron chi connectivity index (χ3n) is 2.51. The number of benzene rings is 1. The van der Waals surface area contributed by atoms with Crippen LogP contribution in [0, 0.1) is 19.8 Å². The van der Waals surface area contributed by atoms with Crippen molar-refractivity contribution in [3.63, 3.8) is 0 Å². The molecular weight excluding hydrogens is 186 g/mol. The van der Waals surface area contributed by atoms with E-state index in [0.717, 1.165) is 5.69 Å². The van der Waals surface area contributed by atoms with E-state index in [1.54, 1.807) is 0 Å². The van der Waals surface area contributed by atoms with E-state index in [1.165, 1.54) is 11.1 Å². The predicted octanol–water partition coefficient (Wildman–Crippen LogP) is 2.73. The monoisotopic (exact) mass is 207 g/mol. The molecule has 0 aliphatic carbocycles. The summed E-state index contributed by atoms with van der Waals surface area (Å²) >= 11 is 0. The standard InChI is InChI=1S/C13H21NO/c1-9(2)13(15)8-14-12-6-10(3)5-11(4)7-12/h5-7,9,13-15H,8H2,1-4H3. The molecule has 0 spiro atoms. The summed E-state index contributed by atoms with van der Waals surface area (Å²) in [4.78, 5) is 0. The van der Waals surface area contributed by atoms with Crippen LogP contribution in [0.2, 0.25) is 0 Å². The molecule has 0 aliphatic rings. The Morgan fingerprint density at radius 1 is 1.13 bits per heavy atom. The molecule has 0 heterocycles. The zero-order chi connectivity index (χ0) is 11.4. The number of hydrogen-bond acceptors (Lipinski definition) is 2. The van der Waals surface area contributed by atoms with E-state index in [1.807, 2.05) is 13.8 Å². The van der Waals surface area contributed by atoms with Gasteiger partial charge in [-0.3, -0.25) is 0 Å². The molecule has 84 valence electrons. The summed E-state index contributed by atoms with van der Waals surface area (Å²) < 4.78 is 0. The molecule has 1 aromatic rings. The van der Waals surface area contributed by atoms with Gasteiger partial charge in [-0.15, -0.1) is 0 Å². The Balaban J connectivity index is 2.57. The van der Waals surface area contributed by atoms with E-state index < -0.39 is 0 Å². The topological polar surface area (TPSA) is 32.3 Å². The summed E-state index contributed by atoms with van der Waals surface area (Å²) in [6.45, 7) is 8.82. The van der Waals surface area contributed by atoms with Crippen molar-refractivity contribution in [3.05, 3.63) is 29.3 Å². The number of rotatable bonds is 4. The summed E-state index contributed by atoms with van der Waals surface area (Å²) in [7, 11) is 0. The van der Waals surface area contributed by atoms with Gasteiger partial charge in [0.1, 0.15) is 0 Å². The van der Waals surface area contributed by atoms with Crippen LogP contribution in [-0.2, 0) is 0 Å². The Morgan fingerprint density at radius 3 is 2.13 bits per heavy atom. The summed E-state index contributed by atoms with van der Waals surface area (Å²) in [5.74, 6) is 0.295. The van der Waals surface area contributed by atoms with Gasteiger partial charge in [-0.25, -0.2) is 0 Å². The van der Waals surface area contributed by atoms with Crippen LogP contribution < -0.4 is 5.32 Å². The van der Waals surface area contributed by atoms with Crippen molar-refractivity contribution >= 4 is 5.69 Å². The maximum atomic E-state index is 9.66. The molecule has 0 fully saturated rings. The van der Waals surface area contributed by atoms with Gasteiger partial charge in [0.2, 0.25) is 0 Å². The Bertz CT molecular complexity index is 300. The maximum Gasteiger partial charge on any atom is 0.0735 e. The van der Waals surface area contributed by atoms with Crippen molar-refractivity contribution in [2.24, 2.45) is 5.92 Å². The van der Waals surface area contributed by atoms with Crippen LogP contribution in [0.15, 0.2) is 18.2 Å². The van der Waals surface area contributed by atoms with Crippen LogP contribution >= 0.6 is 0 Å². The maximum absolute atomic E-state index is 9.66. The van der Waals surface area contributed by atoms with E-state index >= 15 is 0 Å². The van der Waals surface area contributed by atoms with E-state index in [9.17, 15) is 5.11 Å². The highest BCUT2D eigenvalue weighted by atomic mass is 16.3. The highest BCUT2D eigenvalue weighted by molar-refractivity contribution is 5.48. The third kappa shape index (κ3) is 3.92. The van der Waals surface area contributed by atoms with Crippen molar-refractivity contribution in [2.75, 3.05) is 11.9 Å². The van der Waals surface area contributed by atoms with E-state index in [4.69, 9.17) is 0 Å². The molecule has 1 atom stereocenters. The minimum absolute atomic E-state index is 0.286. The van der Waals surface area contributed by atoms with Crippen LogP contribution in [0.1, 0.15) is 25.0 Å². The first kappa shape index (κ1) is 12.1. The highest BCUT2D eigenvalue weighted by Gasteiger charge is 2.08. The van der Waals surface area contributed by atoms with Gasteiger partial charge in [-0.05, 0) is 43.0 Å². The SMILES string of the molecule is Cc1cc(C)cc(NCC(O)C(C)C)c1. The molecule has 1 aromatic carbocycles. The lowest BCUT2D eigenvalue weighted by Gasteiger charge is -2.16. The first-order valence-electron chi connectivity index (χ1n) is 5.49. The zero-order valence-electron chi connectivity index (χ0n) is 10.0. The molecule has 0 saturated heterocycles. The number of aryl methyl sites for hydroxylation is 2. The van der Waals surface area contributed by atoms with Gasteiger partial charge < -0.3 is 10.4 Å². The molecule has 1 unspecified atom stereocenters. The molecule has 0 aromatic heterocycles. The fraction of sp³-hybridized carbons (Fsp3) is 0.538. The highest BCUT2D eigenvalue weighted by Crippen LogP contribution is 2.14. The molecule has 2 heteroatoms. The number of aliphatic hydroxyl groups is 1. The van der Waals surface area contributed by atoms with Crippen LogP contribution in [0.5, 0.6) is 0 Å². The van der Waals surface area contributed by atoms with Crippen molar-refractivity contribution in [2.45, 2.75) is 33.8 Å². The normalized spacial score (nSPS) is 12.9. The quantitative estimate of drug-likeness (QED) is 0.795. The number of hydrogen-bond donors (Lipinski definition) is 2. The van der Waals surface area contributed by atoms with Gasteiger partial charge in [-0.2, -0.15) is 0 Å². The average Bonchev–Trinajstić information content (AvgIpc) is 2.12. The molecule has 1 rings (SSSR count). The molecule has 0 bridgehead atoms. The Hall–Kier alpha value is -1.02. The minimum Gasteiger partial charge on any atom is -0.391 e. The molecule has 15 heavy (non-hydrogen) atoms. The second kappa shape index (κ2) is 5.17. The van der Waals surface area contributed by atoms with Gasteiger partial charge in [-0.1, -0.05) is 19.9 Å². The van der Waals surface area contributed by atoms with Crippen LogP contribution in [0.3, 0.4) is 0 Å². The van der Waals surface area contributed by atoms with Gasteiger partial charge in [0.15, 0.2) is 0 Å². The zero-order valence-corrected chi connectivity index (χ0v) is 10.0. The smallest absolute Gasteiger partial charge is 0.0735 e. The van der Waals surface area contributed by atoms with E-state index in [2.05, 4.69) is 37.4 Å². The second-order valence-corrected chi connectivity index (χ2v) is 4.57. The molecule has 2 nitrogen and oxygen atoms in total. The molecule has 2 N–H and O–H groups in total. The molecular formula is C13H21NO. The molecule has 0 aliphatic heterocycles. The predicted molar refractivity (Wildman–Crippen MR) is 65.3 cm³/mol. The fourth-order valence-corrected chi connectivity index (χ4v) is 1.53. The van der Waals surface area contributed by atoms with Gasteiger partial charge in [0.05, 0.1) is 6.10 Å². The number of anilines is 1. The Morgan fingerprint density at radius 2 is 1.67 bits per heavy atom. The summed E-state index contributed by atoms with van der Waals surface area (Å²) in [5, 5.41) is 12.9. The lowest BCUT2D eigenvalue weighted by molar-refractivity contribution is 0.138. The first-order valence-corrected chi connectivity index (χ1v) is 5.49. The number of nitrogens with one attached hydrogen (secondary N) is 1. The van der Waals surface area contributed by atoms with Crippen LogP contribution in [0.4, 0.5) is 5.69 Å². The largest absolute Gasteiger partial charge is 0.391 e. The minimum atomic E-state index is -0.286. The van der Waals surface area contributed by atoms with E-state index in [0.29, 0.717) is 12.5 Å². The summed E-state index contributed by atoms with van der Waals surface area (Å²) in [5.41, 5.74) is 3.58. The Labute approximate surface area is 92.3 Å². The third-order valence-corrected chi connectivity index (χ3v) is 2.51. The lowest BCUT2D eigenvalue weighted by Crippen LogP contribution is -2.24. The summed E-state index contributed by atoms with van der Waals surface area (Å²) in [6.07, 6.45) is -0.286. The molecule has 0 radical (unpaired) electrons. The van der Waals surface area contributed by atoms with Gasteiger partial charge in [0.25, 0.3) is 0 Å². The average molecular weight is 207 g/mol. The molecule has 0 saturated carbocycles. The second-order valence-electron chi connectivity index (χ2n) is 4.57. The van der Waals surface area contributed by atoms with Crippen molar-refractivity contribution < 1.29 is 5.11 Å². The molecule has 0 amide bonds. The van der Waals surface area contributed by atoms with Crippen molar-refractivity contribution in [1.29, 1.82) is 0 Å². The van der Waals surface area contributed by atoms with E-state index in [-0.39, 0.29) is 6.10 Å². The first-order chi connectivity index (χ1) is 6.99. The lowest BCUT2D eigenvalue weighted by atomic mass is 10.1. The van der Waals surface area contributed by atoms with Crippen molar-refractivity contribution in [1.82, 2.24) is 0 Å². The van der Waals surface area contributed by atoms with Crippen molar-refractivity contribution in [3.8, 4) is 0 Å². The van der Waals surface area contributed by atoms with Gasteiger partial charge >= 0.3 is 0 Å².